The number of hydrogen-bond acceptors (Lipinski definition) is 3. The van der Waals surface area contributed by atoms with Crippen molar-refractivity contribution in [3.05, 3.63) is 69.6 Å². The highest BCUT2D eigenvalue weighted by Gasteiger charge is 2.15. The van der Waals surface area contributed by atoms with E-state index in [1.807, 2.05) is 29.0 Å². The van der Waals surface area contributed by atoms with Crippen LogP contribution in [0.4, 0.5) is 5.69 Å². The second-order valence-electron chi connectivity index (χ2n) is 4.38. The molecule has 5 nitrogen and oxygen atoms in total. The SMILES string of the molecule is O=[N+]([O-])c1cccc2ccn(Cc3ccncc3Cl)c12. The lowest BCUT2D eigenvalue weighted by atomic mass is 10.2. The summed E-state index contributed by atoms with van der Waals surface area (Å²) in [6, 6.07) is 8.71. The quantitative estimate of drug-likeness (QED) is 0.546. The fourth-order valence-corrected chi connectivity index (χ4v) is 2.41. The van der Waals surface area contributed by atoms with Crippen LogP contribution >= 0.6 is 11.6 Å². The molecule has 0 N–H and O–H groups in total. The summed E-state index contributed by atoms with van der Waals surface area (Å²) in [4.78, 5) is 14.7. The number of halogens is 1. The number of pyridine rings is 1. The molecule has 2 aromatic heterocycles. The second kappa shape index (κ2) is 4.94. The van der Waals surface area contributed by atoms with E-state index in [1.165, 1.54) is 6.07 Å². The summed E-state index contributed by atoms with van der Waals surface area (Å²) in [5.74, 6) is 0. The molecule has 0 bridgehead atoms. The number of para-hydroxylation sites is 1. The first-order chi connectivity index (χ1) is 9.66. The summed E-state index contributed by atoms with van der Waals surface area (Å²) in [6.45, 7) is 0.468. The van der Waals surface area contributed by atoms with E-state index in [4.69, 9.17) is 11.6 Å². The number of fused-ring (bicyclic) bond motifs is 1. The van der Waals surface area contributed by atoms with Crippen LogP contribution in [0.3, 0.4) is 0 Å². The fourth-order valence-electron chi connectivity index (χ4n) is 2.24. The first-order valence-electron chi connectivity index (χ1n) is 5.97. The van der Waals surface area contributed by atoms with Crippen LogP contribution in [-0.4, -0.2) is 14.5 Å². The van der Waals surface area contributed by atoms with Gasteiger partial charge in [0.05, 0.1) is 9.95 Å². The van der Waals surface area contributed by atoms with Gasteiger partial charge in [-0.05, 0) is 17.7 Å². The molecule has 100 valence electrons. The summed E-state index contributed by atoms with van der Waals surface area (Å²) in [5.41, 5.74) is 1.57. The lowest BCUT2D eigenvalue weighted by molar-refractivity contribution is -0.383. The molecule has 0 aliphatic carbocycles. The number of aromatic nitrogens is 2. The Bertz CT molecular complexity index is 798. The number of nitro groups is 1. The van der Waals surface area contributed by atoms with Crippen LogP contribution in [0.15, 0.2) is 48.9 Å². The number of non-ortho nitro benzene ring substituents is 1. The molecule has 0 fully saturated rings. The third kappa shape index (κ3) is 2.12. The molecule has 0 saturated carbocycles. The van der Waals surface area contributed by atoms with Gasteiger partial charge in [-0.25, -0.2) is 0 Å². The highest BCUT2D eigenvalue weighted by molar-refractivity contribution is 6.31. The number of hydrogen-bond donors (Lipinski definition) is 0. The summed E-state index contributed by atoms with van der Waals surface area (Å²) in [5, 5.41) is 12.5. The van der Waals surface area contributed by atoms with Crippen molar-refractivity contribution >= 4 is 28.2 Å². The Morgan fingerprint density at radius 3 is 2.90 bits per heavy atom. The average molecular weight is 288 g/mol. The van der Waals surface area contributed by atoms with Gasteiger partial charge >= 0.3 is 0 Å². The topological polar surface area (TPSA) is 61.0 Å². The zero-order chi connectivity index (χ0) is 14.1. The van der Waals surface area contributed by atoms with E-state index in [-0.39, 0.29) is 10.6 Å². The van der Waals surface area contributed by atoms with Crippen molar-refractivity contribution in [2.45, 2.75) is 6.54 Å². The molecule has 1 aromatic carbocycles. The molecule has 0 amide bonds. The standard InChI is InChI=1S/C14H10ClN3O2/c15-12-8-16-6-4-11(12)9-17-7-5-10-2-1-3-13(14(10)17)18(19)20/h1-8H,9H2. The van der Waals surface area contributed by atoms with Gasteiger partial charge in [0.15, 0.2) is 0 Å². The van der Waals surface area contributed by atoms with Crippen molar-refractivity contribution in [2.75, 3.05) is 0 Å². The minimum Gasteiger partial charge on any atom is -0.337 e. The molecule has 3 rings (SSSR count). The van der Waals surface area contributed by atoms with Gasteiger partial charge in [-0.1, -0.05) is 23.7 Å². The van der Waals surface area contributed by atoms with E-state index < -0.39 is 0 Å². The maximum absolute atomic E-state index is 11.1. The summed E-state index contributed by atoms with van der Waals surface area (Å²) in [6.07, 6.45) is 5.05. The zero-order valence-corrected chi connectivity index (χ0v) is 11.1. The minimum atomic E-state index is -0.368. The van der Waals surface area contributed by atoms with Gasteiger partial charge in [0, 0.05) is 36.6 Å². The Hall–Kier alpha value is -2.40. The Morgan fingerprint density at radius 2 is 2.15 bits per heavy atom. The van der Waals surface area contributed by atoms with E-state index in [9.17, 15) is 10.1 Å². The first-order valence-corrected chi connectivity index (χ1v) is 6.35. The third-order valence-electron chi connectivity index (χ3n) is 3.16. The van der Waals surface area contributed by atoms with Gasteiger partial charge in [0.2, 0.25) is 0 Å². The normalized spacial score (nSPS) is 10.8. The first kappa shape index (κ1) is 12.6. The molecule has 2 heterocycles. The summed E-state index contributed by atoms with van der Waals surface area (Å²) >= 11 is 6.08. The Kier molecular flexibility index (Phi) is 3.12. The molecule has 0 aliphatic heterocycles. The predicted molar refractivity (Wildman–Crippen MR) is 76.9 cm³/mol. The van der Waals surface area contributed by atoms with E-state index in [1.54, 1.807) is 18.5 Å². The van der Waals surface area contributed by atoms with Gasteiger partial charge in [-0.2, -0.15) is 0 Å². The van der Waals surface area contributed by atoms with Crippen molar-refractivity contribution in [1.82, 2.24) is 9.55 Å². The van der Waals surface area contributed by atoms with E-state index >= 15 is 0 Å². The van der Waals surface area contributed by atoms with Crippen LogP contribution in [0.1, 0.15) is 5.56 Å². The lowest BCUT2D eigenvalue weighted by Gasteiger charge is -2.07. The molecule has 0 saturated heterocycles. The van der Waals surface area contributed by atoms with Crippen molar-refractivity contribution in [2.24, 2.45) is 0 Å². The second-order valence-corrected chi connectivity index (χ2v) is 4.79. The van der Waals surface area contributed by atoms with Crippen LogP contribution < -0.4 is 0 Å². The maximum atomic E-state index is 11.1. The minimum absolute atomic E-state index is 0.0951. The number of rotatable bonds is 3. The molecule has 3 aromatic rings. The van der Waals surface area contributed by atoms with E-state index in [0.717, 1.165) is 10.9 Å². The van der Waals surface area contributed by atoms with Crippen LogP contribution in [0.5, 0.6) is 0 Å². The summed E-state index contributed by atoms with van der Waals surface area (Å²) < 4.78 is 1.83. The predicted octanol–water partition coefficient (Wildman–Crippen LogP) is 3.65. The molecule has 20 heavy (non-hydrogen) atoms. The van der Waals surface area contributed by atoms with Crippen molar-refractivity contribution in [1.29, 1.82) is 0 Å². The molecular weight excluding hydrogens is 278 g/mol. The fraction of sp³-hybridized carbons (Fsp3) is 0.0714. The number of nitrogens with zero attached hydrogens (tertiary/aromatic N) is 3. The maximum Gasteiger partial charge on any atom is 0.293 e. The molecule has 6 heteroatoms. The monoisotopic (exact) mass is 287 g/mol. The molecular formula is C14H10ClN3O2. The van der Waals surface area contributed by atoms with Crippen molar-refractivity contribution in [3.63, 3.8) is 0 Å². The van der Waals surface area contributed by atoms with E-state index in [2.05, 4.69) is 4.98 Å². The van der Waals surface area contributed by atoms with Crippen molar-refractivity contribution in [3.8, 4) is 0 Å². The third-order valence-corrected chi connectivity index (χ3v) is 3.50. The molecule has 0 aliphatic rings. The smallest absolute Gasteiger partial charge is 0.293 e. The van der Waals surface area contributed by atoms with Crippen LogP contribution in [-0.2, 0) is 6.54 Å². The highest BCUT2D eigenvalue weighted by atomic mass is 35.5. The highest BCUT2D eigenvalue weighted by Crippen LogP contribution is 2.27. The Balaban J connectivity index is 2.13. The van der Waals surface area contributed by atoms with Gasteiger partial charge in [0.1, 0.15) is 5.52 Å². The van der Waals surface area contributed by atoms with Crippen LogP contribution in [0.2, 0.25) is 5.02 Å². The largest absolute Gasteiger partial charge is 0.337 e. The van der Waals surface area contributed by atoms with Gasteiger partial charge in [-0.3, -0.25) is 15.1 Å². The van der Waals surface area contributed by atoms with Gasteiger partial charge in [0.25, 0.3) is 5.69 Å². The van der Waals surface area contributed by atoms with Gasteiger partial charge in [-0.15, -0.1) is 0 Å². The number of benzene rings is 1. The van der Waals surface area contributed by atoms with Gasteiger partial charge < -0.3 is 4.57 Å². The van der Waals surface area contributed by atoms with Crippen LogP contribution in [0.25, 0.3) is 10.9 Å². The number of nitro benzene ring substituents is 1. The molecule has 0 spiro atoms. The van der Waals surface area contributed by atoms with E-state index in [0.29, 0.717) is 17.1 Å². The lowest BCUT2D eigenvalue weighted by Crippen LogP contribution is -2.01. The average Bonchev–Trinajstić information content (AvgIpc) is 2.84. The molecule has 0 atom stereocenters. The Labute approximate surface area is 119 Å². The molecule has 0 unspecified atom stereocenters. The molecule has 0 radical (unpaired) electrons. The summed E-state index contributed by atoms with van der Waals surface area (Å²) in [7, 11) is 0. The van der Waals surface area contributed by atoms with Crippen LogP contribution in [0, 0.1) is 10.1 Å². The Morgan fingerprint density at radius 1 is 1.30 bits per heavy atom. The van der Waals surface area contributed by atoms with Crippen molar-refractivity contribution < 1.29 is 4.92 Å². The zero-order valence-electron chi connectivity index (χ0n) is 10.4.